The molecule has 28 heavy (non-hydrogen) atoms. The molecular weight excluding hydrogens is 405 g/mol. The molecule has 3 heterocycles. The summed E-state index contributed by atoms with van der Waals surface area (Å²) in [6.07, 6.45) is -4.62. The van der Waals surface area contributed by atoms with Gasteiger partial charge in [-0.05, 0) is 24.4 Å². The third-order valence-electron chi connectivity index (χ3n) is 4.30. The normalized spacial score (nSPS) is 11.9. The predicted octanol–water partition coefficient (Wildman–Crippen LogP) is 6.17. The predicted molar refractivity (Wildman–Crippen MR) is 107 cm³/mol. The van der Waals surface area contributed by atoms with Gasteiger partial charge in [-0.15, -0.1) is 22.7 Å². The fraction of sp³-hybridized carbons (Fsp3) is 0.100. The van der Waals surface area contributed by atoms with Gasteiger partial charge in [0.2, 0.25) is 5.78 Å². The van der Waals surface area contributed by atoms with Crippen molar-refractivity contribution in [2.75, 3.05) is 5.73 Å². The molecule has 0 fully saturated rings. The molecule has 0 amide bonds. The molecule has 3 nitrogen and oxygen atoms in total. The molecule has 1 aromatic carbocycles. The van der Waals surface area contributed by atoms with Crippen LogP contribution in [0.2, 0.25) is 0 Å². The van der Waals surface area contributed by atoms with Gasteiger partial charge in [0, 0.05) is 10.9 Å². The monoisotopic (exact) mass is 418 g/mol. The Kier molecular flexibility index (Phi) is 4.47. The van der Waals surface area contributed by atoms with Gasteiger partial charge in [-0.1, -0.05) is 35.9 Å². The maximum absolute atomic E-state index is 13.7. The summed E-state index contributed by atoms with van der Waals surface area (Å²) in [7, 11) is 0. The zero-order valence-corrected chi connectivity index (χ0v) is 16.1. The van der Waals surface area contributed by atoms with Crippen LogP contribution in [-0.2, 0) is 6.18 Å². The molecule has 0 radical (unpaired) electrons. The number of rotatable bonds is 3. The van der Waals surface area contributed by atoms with Crippen molar-refractivity contribution < 1.29 is 18.0 Å². The Bertz CT molecular complexity index is 1180. The average Bonchev–Trinajstić information content (AvgIpc) is 3.29. The Morgan fingerprint density at radius 1 is 1.14 bits per heavy atom. The van der Waals surface area contributed by atoms with E-state index in [4.69, 9.17) is 5.73 Å². The number of anilines is 1. The molecule has 0 saturated heterocycles. The third-order valence-corrected chi connectivity index (χ3v) is 6.29. The molecule has 0 atom stereocenters. The van der Waals surface area contributed by atoms with E-state index in [0.717, 1.165) is 23.0 Å². The van der Waals surface area contributed by atoms with Gasteiger partial charge in [0.15, 0.2) is 0 Å². The smallest absolute Gasteiger partial charge is 0.397 e. The molecular formula is C20H13F3N2OS2. The number of nitrogens with two attached hydrogens (primary N) is 1. The van der Waals surface area contributed by atoms with Crippen molar-refractivity contribution in [1.82, 2.24) is 4.98 Å². The lowest BCUT2D eigenvalue weighted by atomic mass is 10.0. The fourth-order valence-corrected chi connectivity index (χ4v) is 4.67. The van der Waals surface area contributed by atoms with Gasteiger partial charge in [-0.3, -0.25) is 4.79 Å². The van der Waals surface area contributed by atoms with E-state index in [1.807, 2.05) is 6.92 Å². The molecule has 3 aromatic heterocycles. The lowest BCUT2D eigenvalue weighted by Crippen LogP contribution is -2.08. The molecule has 8 heteroatoms. The zero-order chi connectivity index (χ0) is 20.1. The number of ketones is 1. The lowest BCUT2D eigenvalue weighted by molar-refractivity contribution is -0.136. The third kappa shape index (κ3) is 3.18. The Labute approximate surface area is 166 Å². The van der Waals surface area contributed by atoms with E-state index in [9.17, 15) is 18.0 Å². The van der Waals surface area contributed by atoms with Crippen LogP contribution in [0.5, 0.6) is 0 Å². The van der Waals surface area contributed by atoms with E-state index in [0.29, 0.717) is 10.4 Å². The van der Waals surface area contributed by atoms with Crippen LogP contribution in [-0.4, -0.2) is 10.8 Å². The van der Waals surface area contributed by atoms with Gasteiger partial charge >= 0.3 is 6.18 Å². The summed E-state index contributed by atoms with van der Waals surface area (Å²) in [6, 6.07) is 11.3. The number of fused-ring (bicyclic) bond motifs is 1. The molecule has 4 aromatic rings. The summed E-state index contributed by atoms with van der Waals surface area (Å²) in [4.78, 5) is 18.0. The van der Waals surface area contributed by atoms with Gasteiger partial charge in [-0.2, -0.15) is 13.2 Å². The number of halogens is 3. The first-order chi connectivity index (χ1) is 13.3. The van der Waals surface area contributed by atoms with Crippen LogP contribution >= 0.6 is 22.7 Å². The minimum absolute atomic E-state index is 0.0696. The van der Waals surface area contributed by atoms with Crippen molar-refractivity contribution in [3.63, 3.8) is 0 Å². The Hall–Kier alpha value is -2.71. The molecule has 0 aliphatic heterocycles. The SMILES string of the molecule is Cc1ccc(C(=O)c2sc3nc(-c4cccs4)cc(C(F)(F)F)c3c2N)cc1. The van der Waals surface area contributed by atoms with Crippen LogP contribution < -0.4 is 5.73 Å². The van der Waals surface area contributed by atoms with E-state index in [-0.39, 0.29) is 26.5 Å². The number of aromatic nitrogens is 1. The van der Waals surface area contributed by atoms with E-state index < -0.39 is 17.5 Å². The molecule has 142 valence electrons. The molecule has 0 aliphatic rings. The summed E-state index contributed by atoms with van der Waals surface area (Å²) in [5.41, 5.74) is 6.53. The van der Waals surface area contributed by atoms with Gasteiger partial charge < -0.3 is 5.73 Å². The number of hydrogen-bond acceptors (Lipinski definition) is 5. The van der Waals surface area contributed by atoms with E-state index in [1.165, 1.54) is 11.3 Å². The molecule has 0 saturated carbocycles. The highest BCUT2D eigenvalue weighted by atomic mass is 32.1. The van der Waals surface area contributed by atoms with Crippen LogP contribution in [0.25, 0.3) is 20.8 Å². The highest BCUT2D eigenvalue weighted by molar-refractivity contribution is 7.21. The molecule has 4 rings (SSSR count). The molecule has 0 spiro atoms. The topological polar surface area (TPSA) is 56.0 Å². The van der Waals surface area contributed by atoms with Crippen LogP contribution in [0, 0.1) is 6.92 Å². The van der Waals surface area contributed by atoms with Gasteiger partial charge in [0.1, 0.15) is 9.71 Å². The molecule has 0 aliphatic carbocycles. The molecule has 2 N–H and O–H groups in total. The van der Waals surface area contributed by atoms with Crippen LogP contribution in [0.1, 0.15) is 26.4 Å². The first kappa shape index (κ1) is 18.6. The number of carbonyl (C=O) groups excluding carboxylic acids is 1. The number of hydrogen-bond donors (Lipinski definition) is 1. The first-order valence-electron chi connectivity index (χ1n) is 8.21. The second-order valence-electron chi connectivity index (χ2n) is 6.25. The number of alkyl halides is 3. The highest BCUT2D eigenvalue weighted by Gasteiger charge is 2.36. The zero-order valence-electron chi connectivity index (χ0n) is 14.5. The fourth-order valence-electron chi connectivity index (χ4n) is 2.90. The van der Waals surface area contributed by atoms with Crippen LogP contribution in [0.15, 0.2) is 47.8 Å². The number of nitrogens with zero attached hydrogens (tertiary/aromatic N) is 1. The Morgan fingerprint density at radius 2 is 1.86 bits per heavy atom. The second kappa shape index (κ2) is 6.72. The van der Waals surface area contributed by atoms with Gasteiger partial charge in [0.25, 0.3) is 0 Å². The molecule has 0 bridgehead atoms. The average molecular weight is 418 g/mol. The van der Waals surface area contributed by atoms with Gasteiger partial charge in [-0.25, -0.2) is 4.98 Å². The standard InChI is InChI=1S/C20H13F3N2OS2/c1-10-4-6-11(7-5-10)17(26)18-16(24)15-12(20(21,22)23)9-13(25-19(15)28-18)14-3-2-8-27-14/h2-9H,24H2,1H3. The van der Waals surface area contributed by atoms with Crippen molar-refractivity contribution in [2.24, 2.45) is 0 Å². The summed E-state index contributed by atoms with van der Waals surface area (Å²) < 4.78 is 41.2. The number of nitrogen functional groups attached to an aromatic ring is 1. The van der Waals surface area contributed by atoms with Crippen molar-refractivity contribution in [3.8, 4) is 10.6 Å². The summed E-state index contributed by atoms with van der Waals surface area (Å²) >= 11 is 2.19. The van der Waals surface area contributed by atoms with Crippen molar-refractivity contribution >= 4 is 44.4 Å². The largest absolute Gasteiger partial charge is 0.417 e. The lowest BCUT2D eigenvalue weighted by Gasteiger charge is -2.10. The highest BCUT2D eigenvalue weighted by Crippen LogP contribution is 2.44. The number of benzene rings is 1. The van der Waals surface area contributed by atoms with Crippen molar-refractivity contribution in [3.05, 3.63) is 69.4 Å². The van der Waals surface area contributed by atoms with E-state index in [2.05, 4.69) is 4.98 Å². The van der Waals surface area contributed by atoms with Crippen molar-refractivity contribution in [1.29, 1.82) is 0 Å². The Morgan fingerprint density at radius 3 is 2.46 bits per heavy atom. The van der Waals surface area contributed by atoms with Crippen molar-refractivity contribution in [2.45, 2.75) is 13.1 Å². The Balaban J connectivity index is 1.94. The number of carbonyl (C=O) groups is 1. The minimum atomic E-state index is -4.62. The summed E-state index contributed by atoms with van der Waals surface area (Å²) in [6.45, 7) is 1.88. The van der Waals surface area contributed by atoms with Gasteiger partial charge in [0.05, 0.1) is 21.8 Å². The number of thiophene rings is 2. The van der Waals surface area contributed by atoms with E-state index >= 15 is 0 Å². The van der Waals surface area contributed by atoms with Crippen LogP contribution in [0.3, 0.4) is 0 Å². The molecule has 0 unspecified atom stereocenters. The summed E-state index contributed by atoms with van der Waals surface area (Å²) in [5, 5.41) is 1.55. The first-order valence-corrected chi connectivity index (χ1v) is 9.91. The second-order valence-corrected chi connectivity index (χ2v) is 8.20. The minimum Gasteiger partial charge on any atom is -0.397 e. The van der Waals surface area contributed by atoms with Crippen LogP contribution in [0.4, 0.5) is 18.9 Å². The maximum Gasteiger partial charge on any atom is 0.417 e. The quantitative estimate of drug-likeness (QED) is 0.405. The number of aryl methyl sites for hydroxylation is 1. The number of pyridine rings is 1. The van der Waals surface area contributed by atoms with E-state index in [1.54, 1.807) is 41.8 Å². The maximum atomic E-state index is 13.7. The summed E-state index contributed by atoms with van der Waals surface area (Å²) in [5.74, 6) is -0.411.